The zero-order chi connectivity index (χ0) is 18.0. The van der Waals surface area contributed by atoms with Crippen LogP contribution in [0, 0.1) is 11.8 Å². The molecule has 0 atom stereocenters. The molecular formula is C23H19NO2. The van der Waals surface area contributed by atoms with E-state index in [1.807, 2.05) is 78.9 Å². The van der Waals surface area contributed by atoms with Gasteiger partial charge in [0.15, 0.2) is 0 Å². The van der Waals surface area contributed by atoms with E-state index in [1.54, 1.807) is 6.07 Å². The van der Waals surface area contributed by atoms with E-state index in [-0.39, 0.29) is 5.91 Å². The largest absolute Gasteiger partial charge is 0.489 e. The SMILES string of the molecule is O=C(NCC#Cc1ccccc1)c1ccccc1COc1ccccc1. The second-order valence-corrected chi connectivity index (χ2v) is 5.61. The van der Waals surface area contributed by atoms with Crippen LogP contribution in [0.3, 0.4) is 0 Å². The van der Waals surface area contributed by atoms with Crippen molar-refractivity contribution in [3.8, 4) is 17.6 Å². The molecule has 0 spiro atoms. The predicted molar refractivity (Wildman–Crippen MR) is 103 cm³/mol. The van der Waals surface area contributed by atoms with Gasteiger partial charge < -0.3 is 10.1 Å². The monoisotopic (exact) mass is 341 g/mol. The quantitative estimate of drug-likeness (QED) is 0.711. The number of nitrogens with one attached hydrogen (secondary N) is 1. The van der Waals surface area contributed by atoms with Crippen LogP contribution >= 0.6 is 0 Å². The molecule has 0 saturated heterocycles. The van der Waals surface area contributed by atoms with Crippen molar-refractivity contribution in [1.82, 2.24) is 5.32 Å². The summed E-state index contributed by atoms with van der Waals surface area (Å²) >= 11 is 0. The number of carbonyl (C=O) groups is 1. The summed E-state index contributed by atoms with van der Waals surface area (Å²) in [5.41, 5.74) is 2.37. The van der Waals surface area contributed by atoms with Crippen LogP contribution in [-0.2, 0) is 6.61 Å². The van der Waals surface area contributed by atoms with Gasteiger partial charge in [0.2, 0.25) is 0 Å². The van der Waals surface area contributed by atoms with Crippen LogP contribution in [-0.4, -0.2) is 12.5 Å². The van der Waals surface area contributed by atoms with E-state index >= 15 is 0 Å². The molecule has 3 heteroatoms. The number of ether oxygens (including phenoxy) is 1. The second-order valence-electron chi connectivity index (χ2n) is 5.61. The van der Waals surface area contributed by atoms with Gasteiger partial charge in [-0.05, 0) is 30.3 Å². The van der Waals surface area contributed by atoms with Gasteiger partial charge in [-0.3, -0.25) is 4.79 Å². The van der Waals surface area contributed by atoms with Gasteiger partial charge in [0.05, 0.1) is 6.54 Å². The molecule has 1 amide bonds. The Morgan fingerprint density at radius 1 is 0.846 bits per heavy atom. The molecule has 0 aromatic heterocycles. The number of benzene rings is 3. The molecular weight excluding hydrogens is 322 g/mol. The number of carbonyl (C=O) groups excluding carboxylic acids is 1. The zero-order valence-corrected chi connectivity index (χ0v) is 14.3. The standard InChI is InChI=1S/C23H19NO2/c25-23(24-17-9-12-19-10-3-1-4-11-19)22-16-8-7-13-20(22)18-26-21-14-5-2-6-15-21/h1-8,10-11,13-16H,17-18H2,(H,24,25). The Morgan fingerprint density at radius 2 is 1.50 bits per heavy atom. The molecule has 3 nitrogen and oxygen atoms in total. The molecule has 3 rings (SSSR count). The highest BCUT2D eigenvalue weighted by Gasteiger charge is 2.10. The van der Waals surface area contributed by atoms with E-state index in [4.69, 9.17) is 4.74 Å². The highest BCUT2D eigenvalue weighted by molar-refractivity contribution is 5.95. The van der Waals surface area contributed by atoms with Gasteiger partial charge in [0.1, 0.15) is 12.4 Å². The molecule has 0 aliphatic rings. The Hall–Kier alpha value is -3.51. The number of hydrogen-bond acceptors (Lipinski definition) is 2. The van der Waals surface area contributed by atoms with Crippen molar-refractivity contribution in [2.45, 2.75) is 6.61 Å². The third-order valence-electron chi connectivity index (χ3n) is 3.74. The van der Waals surface area contributed by atoms with E-state index in [2.05, 4.69) is 17.2 Å². The molecule has 26 heavy (non-hydrogen) atoms. The minimum atomic E-state index is -0.153. The molecule has 0 aliphatic heterocycles. The summed E-state index contributed by atoms with van der Waals surface area (Å²) in [5.74, 6) is 6.61. The number of para-hydroxylation sites is 1. The highest BCUT2D eigenvalue weighted by atomic mass is 16.5. The molecule has 0 bridgehead atoms. The molecule has 0 fully saturated rings. The Kier molecular flexibility index (Phi) is 6.06. The smallest absolute Gasteiger partial charge is 0.252 e. The summed E-state index contributed by atoms with van der Waals surface area (Å²) in [4.78, 5) is 12.5. The number of rotatable bonds is 5. The lowest BCUT2D eigenvalue weighted by molar-refractivity contribution is 0.0956. The number of hydrogen-bond donors (Lipinski definition) is 1. The van der Waals surface area contributed by atoms with Crippen molar-refractivity contribution in [3.05, 3.63) is 102 Å². The zero-order valence-electron chi connectivity index (χ0n) is 14.3. The summed E-state index contributed by atoms with van der Waals surface area (Å²) in [5, 5.41) is 2.84. The summed E-state index contributed by atoms with van der Waals surface area (Å²) < 4.78 is 5.76. The van der Waals surface area contributed by atoms with Crippen LogP contribution in [0.15, 0.2) is 84.9 Å². The molecule has 3 aromatic rings. The predicted octanol–water partition coefficient (Wildman–Crippen LogP) is 4.05. The third-order valence-corrected chi connectivity index (χ3v) is 3.74. The van der Waals surface area contributed by atoms with Crippen LogP contribution in [0.1, 0.15) is 21.5 Å². The minimum Gasteiger partial charge on any atom is -0.489 e. The van der Waals surface area contributed by atoms with Gasteiger partial charge in [-0.15, -0.1) is 0 Å². The normalized spacial score (nSPS) is 9.69. The number of amides is 1. The van der Waals surface area contributed by atoms with E-state index in [0.29, 0.717) is 18.7 Å². The molecule has 0 radical (unpaired) electrons. The van der Waals surface area contributed by atoms with Gasteiger partial charge in [-0.25, -0.2) is 0 Å². The fourth-order valence-corrected chi connectivity index (χ4v) is 2.43. The highest BCUT2D eigenvalue weighted by Crippen LogP contribution is 2.14. The first-order valence-corrected chi connectivity index (χ1v) is 8.41. The van der Waals surface area contributed by atoms with Crippen LogP contribution < -0.4 is 10.1 Å². The van der Waals surface area contributed by atoms with Gasteiger partial charge in [-0.2, -0.15) is 0 Å². The molecule has 0 saturated carbocycles. The van der Waals surface area contributed by atoms with Gasteiger partial charge in [0.25, 0.3) is 5.91 Å². The van der Waals surface area contributed by atoms with Gasteiger partial charge in [-0.1, -0.05) is 66.4 Å². The van der Waals surface area contributed by atoms with Gasteiger partial charge >= 0.3 is 0 Å². The van der Waals surface area contributed by atoms with E-state index < -0.39 is 0 Å². The summed E-state index contributed by atoms with van der Waals surface area (Å²) in [6.45, 7) is 0.630. The topological polar surface area (TPSA) is 38.3 Å². The summed E-state index contributed by atoms with van der Waals surface area (Å²) in [7, 11) is 0. The Morgan fingerprint density at radius 3 is 2.27 bits per heavy atom. The molecule has 3 aromatic carbocycles. The van der Waals surface area contributed by atoms with Crippen molar-refractivity contribution in [2.24, 2.45) is 0 Å². The van der Waals surface area contributed by atoms with Crippen LogP contribution in [0.25, 0.3) is 0 Å². The van der Waals surface area contributed by atoms with E-state index in [0.717, 1.165) is 16.9 Å². The first-order valence-electron chi connectivity index (χ1n) is 8.41. The summed E-state index contributed by atoms with van der Waals surface area (Å²) in [6.07, 6.45) is 0. The first kappa shape index (κ1) is 17.3. The van der Waals surface area contributed by atoms with E-state index in [9.17, 15) is 4.79 Å². The molecule has 1 N–H and O–H groups in total. The fourth-order valence-electron chi connectivity index (χ4n) is 2.43. The second kappa shape index (κ2) is 9.10. The van der Waals surface area contributed by atoms with Crippen LogP contribution in [0.5, 0.6) is 5.75 Å². The molecule has 128 valence electrons. The Bertz CT molecular complexity index is 909. The Balaban J connectivity index is 1.60. The summed E-state index contributed by atoms with van der Waals surface area (Å²) in [6, 6.07) is 26.7. The molecule has 0 heterocycles. The fraction of sp³-hybridized carbons (Fsp3) is 0.0870. The average Bonchev–Trinajstić information content (AvgIpc) is 2.71. The molecule has 0 aliphatic carbocycles. The first-order chi connectivity index (χ1) is 12.8. The van der Waals surface area contributed by atoms with Crippen molar-refractivity contribution < 1.29 is 9.53 Å². The Labute approximate surface area is 153 Å². The maximum Gasteiger partial charge on any atom is 0.252 e. The van der Waals surface area contributed by atoms with E-state index in [1.165, 1.54) is 0 Å². The lowest BCUT2D eigenvalue weighted by Crippen LogP contribution is -2.25. The van der Waals surface area contributed by atoms with Crippen LogP contribution in [0.2, 0.25) is 0 Å². The van der Waals surface area contributed by atoms with Crippen molar-refractivity contribution in [1.29, 1.82) is 0 Å². The maximum atomic E-state index is 12.5. The van der Waals surface area contributed by atoms with Gasteiger partial charge in [0, 0.05) is 16.7 Å². The van der Waals surface area contributed by atoms with Crippen molar-refractivity contribution in [3.63, 3.8) is 0 Å². The van der Waals surface area contributed by atoms with Crippen molar-refractivity contribution >= 4 is 5.91 Å². The van der Waals surface area contributed by atoms with Crippen molar-refractivity contribution in [2.75, 3.05) is 6.54 Å². The molecule has 0 unspecified atom stereocenters. The maximum absolute atomic E-state index is 12.5. The van der Waals surface area contributed by atoms with Crippen LogP contribution in [0.4, 0.5) is 0 Å². The lowest BCUT2D eigenvalue weighted by Gasteiger charge is -2.10. The average molecular weight is 341 g/mol. The third kappa shape index (κ3) is 4.99. The lowest BCUT2D eigenvalue weighted by atomic mass is 10.1. The minimum absolute atomic E-state index is 0.153.